The van der Waals surface area contributed by atoms with Gasteiger partial charge in [0.05, 0.1) is 26.4 Å². The maximum atomic E-state index is 10.1. The Balaban J connectivity index is 0.000000249. The van der Waals surface area contributed by atoms with E-state index in [4.69, 9.17) is 15.2 Å². The van der Waals surface area contributed by atoms with Gasteiger partial charge in [-0.25, -0.2) is 0 Å². The standard InChI is InChI=1S/C6H13NO.C4H8O2/c1-2-3-4-5-6(7)8;1-2-6-4-3-5-1/h2-5H2,1H3,(H2,7,8);1-4H2. The Morgan fingerprint density at radius 2 is 1.64 bits per heavy atom. The molecular weight excluding hydrogens is 182 g/mol. The second kappa shape index (κ2) is 10.5. The lowest BCUT2D eigenvalue weighted by Crippen LogP contribution is -2.16. The Morgan fingerprint density at radius 3 is 1.93 bits per heavy atom. The lowest BCUT2D eigenvalue weighted by atomic mass is 10.2. The van der Waals surface area contributed by atoms with E-state index in [1.807, 2.05) is 0 Å². The van der Waals surface area contributed by atoms with E-state index in [2.05, 4.69) is 6.92 Å². The molecule has 0 atom stereocenters. The zero-order valence-electron chi connectivity index (χ0n) is 8.96. The molecule has 0 aromatic carbocycles. The average molecular weight is 203 g/mol. The Morgan fingerprint density at radius 1 is 1.14 bits per heavy atom. The number of rotatable bonds is 4. The minimum absolute atomic E-state index is 0.182. The van der Waals surface area contributed by atoms with Crippen LogP contribution in [0, 0.1) is 0 Å². The van der Waals surface area contributed by atoms with Crippen LogP contribution in [0.25, 0.3) is 0 Å². The van der Waals surface area contributed by atoms with Crippen molar-refractivity contribution in [3.05, 3.63) is 0 Å². The van der Waals surface area contributed by atoms with Gasteiger partial charge in [0, 0.05) is 6.42 Å². The van der Waals surface area contributed by atoms with Gasteiger partial charge in [-0.1, -0.05) is 19.8 Å². The minimum atomic E-state index is -0.182. The summed E-state index contributed by atoms with van der Waals surface area (Å²) in [5.41, 5.74) is 4.89. The van der Waals surface area contributed by atoms with Gasteiger partial charge in [0.15, 0.2) is 0 Å². The lowest BCUT2D eigenvalue weighted by molar-refractivity contribution is -0.118. The van der Waals surface area contributed by atoms with Crippen LogP contribution in [-0.2, 0) is 14.3 Å². The van der Waals surface area contributed by atoms with Gasteiger partial charge in [0.2, 0.25) is 5.91 Å². The molecule has 1 heterocycles. The predicted octanol–water partition coefficient (Wildman–Crippen LogP) is 1.09. The van der Waals surface area contributed by atoms with E-state index in [1.54, 1.807) is 0 Å². The molecule has 4 heteroatoms. The second-order valence-corrected chi connectivity index (χ2v) is 3.15. The Hall–Kier alpha value is -0.610. The predicted molar refractivity (Wildman–Crippen MR) is 55.0 cm³/mol. The number of ether oxygens (including phenoxy) is 2. The highest BCUT2D eigenvalue weighted by molar-refractivity contribution is 5.73. The van der Waals surface area contributed by atoms with Crippen molar-refractivity contribution in [2.75, 3.05) is 26.4 Å². The van der Waals surface area contributed by atoms with Gasteiger partial charge in [-0.2, -0.15) is 0 Å². The van der Waals surface area contributed by atoms with Crippen molar-refractivity contribution in [3.8, 4) is 0 Å². The minimum Gasteiger partial charge on any atom is -0.377 e. The number of hydrogen-bond acceptors (Lipinski definition) is 3. The van der Waals surface area contributed by atoms with E-state index in [1.165, 1.54) is 0 Å². The zero-order valence-corrected chi connectivity index (χ0v) is 8.96. The van der Waals surface area contributed by atoms with Gasteiger partial charge in [-0.05, 0) is 6.42 Å². The first-order valence-electron chi connectivity index (χ1n) is 5.21. The fourth-order valence-electron chi connectivity index (χ4n) is 0.989. The van der Waals surface area contributed by atoms with Gasteiger partial charge < -0.3 is 15.2 Å². The summed E-state index contributed by atoms with van der Waals surface area (Å²) in [5.74, 6) is -0.182. The largest absolute Gasteiger partial charge is 0.377 e. The normalized spacial score (nSPS) is 15.5. The Bertz CT molecular complexity index is 124. The van der Waals surface area contributed by atoms with Gasteiger partial charge in [-0.3, -0.25) is 4.79 Å². The highest BCUT2D eigenvalue weighted by Gasteiger charge is 1.94. The first-order chi connectivity index (χ1) is 6.77. The van der Waals surface area contributed by atoms with Crippen LogP contribution < -0.4 is 5.73 Å². The van der Waals surface area contributed by atoms with Crippen LogP contribution in [0.15, 0.2) is 0 Å². The topological polar surface area (TPSA) is 61.6 Å². The van der Waals surface area contributed by atoms with Crippen molar-refractivity contribution in [2.45, 2.75) is 32.6 Å². The van der Waals surface area contributed by atoms with Crippen molar-refractivity contribution >= 4 is 5.91 Å². The molecule has 1 fully saturated rings. The van der Waals surface area contributed by atoms with E-state index < -0.39 is 0 Å². The third kappa shape index (κ3) is 11.4. The monoisotopic (exact) mass is 203 g/mol. The van der Waals surface area contributed by atoms with Gasteiger partial charge in [0.1, 0.15) is 0 Å². The summed E-state index contributed by atoms with van der Waals surface area (Å²) in [6.07, 6.45) is 3.76. The third-order valence-electron chi connectivity index (χ3n) is 1.77. The molecule has 0 saturated carbocycles. The molecule has 0 spiro atoms. The molecule has 0 unspecified atom stereocenters. The molecule has 1 aliphatic heterocycles. The lowest BCUT2D eigenvalue weighted by Gasteiger charge is -2.09. The molecule has 4 nitrogen and oxygen atoms in total. The SMILES string of the molecule is C1COCCO1.CCCCCC(N)=O. The van der Waals surface area contributed by atoms with Crippen LogP contribution in [0.1, 0.15) is 32.6 Å². The molecule has 2 N–H and O–H groups in total. The van der Waals surface area contributed by atoms with Crippen LogP contribution in [0.2, 0.25) is 0 Å². The highest BCUT2D eigenvalue weighted by atomic mass is 16.6. The van der Waals surface area contributed by atoms with E-state index in [9.17, 15) is 4.79 Å². The van der Waals surface area contributed by atoms with Gasteiger partial charge >= 0.3 is 0 Å². The van der Waals surface area contributed by atoms with Crippen LogP contribution >= 0.6 is 0 Å². The summed E-state index contributed by atoms with van der Waals surface area (Å²) >= 11 is 0. The smallest absolute Gasteiger partial charge is 0.217 e. The van der Waals surface area contributed by atoms with E-state index in [0.29, 0.717) is 6.42 Å². The van der Waals surface area contributed by atoms with Gasteiger partial charge in [0.25, 0.3) is 0 Å². The molecule has 1 amide bonds. The van der Waals surface area contributed by atoms with Crippen molar-refractivity contribution in [1.29, 1.82) is 0 Å². The molecule has 0 aliphatic carbocycles. The average Bonchev–Trinajstić information content (AvgIpc) is 2.21. The molecule has 1 saturated heterocycles. The number of carbonyl (C=O) groups is 1. The van der Waals surface area contributed by atoms with Crippen LogP contribution in [-0.4, -0.2) is 32.3 Å². The van der Waals surface area contributed by atoms with Crippen LogP contribution in [0.4, 0.5) is 0 Å². The van der Waals surface area contributed by atoms with Crippen LogP contribution in [0.3, 0.4) is 0 Å². The number of nitrogens with two attached hydrogens (primary N) is 1. The van der Waals surface area contributed by atoms with Crippen LogP contribution in [0.5, 0.6) is 0 Å². The van der Waals surface area contributed by atoms with E-state index in [-0.39, 0.29) is 5.91 Å². The first kappa shape index (κ1) is 13.4. The Labute approximate surface area is 85.8 Å². The molecule has 1 rings (SSSR count). The molecular formula is C10H21NO3. The fraction of sp³-hybridized carbons (Fsp3) is 0.900. The van der Waals surface area contributed by atoms with Crippen molar-refractivity contribution < 1.29 is 14.3 Å². The van der Waals surface area contributed by atoms with Crippen molar-refractivity contribution in [3.63, 3.8) is 0 Å². The summed E-state index contributed by atoms with van der Waals surface area (Å²) in [4.78, 5) is 10.1. The number of carbonyl (C=O) groups excluding carboxylic acids is 1. The van der Waals surface area contributed by atoms with Gasteiger partial charge in [-0.15, -0.1) is 0 Å². The second-order valence-electron chi connectivity index (χ2n) is 3.15. The molecule has 1 aliphatic rings. The molecule has 0 aromatic rings. The highest BCUT2D eigenvalue weighted by Crippen LogP contribution is 1.96. The van der Waals surface area contributed by atoms with Crippen molar-refractivity contribution in [2.24, 2.45) is 5.73 Å². The Kier molecular flexibility index (Phi) is 10.0. The summed E-state index contributed by atoms with van der Waals surface area (Å²) in [5, 5.41) is 0. The third-order valence-corrected chi connectivity index (χ3v) is 1.77. The number of hydrogen-bond donors (Lipinski definition) is 1. The van der Waals surface area contributed by atoms with E-state index in [0.717, 1.165) is 45.7 Å². The van der Waals surface area contributed by atoms with Crippen molar-refractivity contribution in [1.82, 2.24) is 0 Å². The molecule has 0 bridgehead atoms. The molecule has 0 aromatic heterocycles. The number of amides is 1. The molecule has 0 radical (unpaired) electrons. The zero-order chi connectivity index (χ0) is 10.6. The first-order valence-corrected chi connectivity index (χ1v) is 5.21. The quantitative estimate of drug-likeness (QED) is 0.696. The maximum Gasteiger partial charge on any atom is 0.217 e. The molecule has 14 heavy (non-hydrogen) atoms. The summed E-state index contributed by atoms with van der Waals surface area (Å²) in [6, 6.07) is 0. The van der Waals surface area contributed by atoms with E-state index >= 15 is 0 Å². The summed E-state index contributed by atoms with van der Waals surface area (Å²) in [7, 11) is 0. The summed E-state index contributed by atoms with van der Waals surface area (Å²) in [6.45, 7) is 5.21. The molecule has 84 valence electrons. The number of unbranched alkanes of at least 4 members (excludes halogenated alkanes) is 2. The summed E-state index contributed by atoms with van der Waals surface area (Å²) < 4.78 is 9.89. The maximum absolute atomic E-state index is 10.1. The number of primary amides is 1. The fourth-order valence-corrected chi connectivity index (χ4v) is 0.989.